The minimum atomic E-state index is -0.603. The number of hydrogen-bond donors (Lipinski definition) is 3. The second-order valence-electron chi connectivity index (χ2n) is 3.55. The molecule has 7 heteroatoms. The van der Waals surface area contributed by atoms with E-state index in [1.54, 1.807) is 19.1 Å². The van der Waals surface area contributed by atoms with E-state index in [4.69, 9.17) is 27.3 Å². The molecule has 0 saturated heterocycles. The summed E-state index contributed by atoms with van der Waals surface area (Å²) in [5, 5.41) is 14.4. The second-order valence-corrected chi connectivity index (χ2v) is 3.95. The largest absolute Gasteiger partial charge is 0.409 e. The van der Waals surface area contributed by atoms with Crippen molar-refractivity contribution < 1.29 is 14.7 Å². The van der Waals surface area contributed by atoms with E-state index in [0.717, 1.165) is 0 Å². The lowest BCUT2D eigenvalue weighted by Gasteiger charge is -2.12. The third-order valence-electron chi connectivity index (χ3n) is 2.35. The number of methoxy groups -OCH3 is 1. The van der Waals surface area contributed by atoms with E-state index < -0.39 is 6.10 Å². The van der Waals surface area contributed by atoms with Crippen molar-refractivity contribution in [1.82, 2.24) is 0 Å². The molecule has 1 atom stereocenters. The van der Waals surface area contributed by atoms with Crippen LogP contribution in [0.5, 0.6) is 0 Å². The smallest absolute Gasteiger partial charge is 0.253 e. The number of nitrogens with zero attached hydrogens (tertiary/aromatic N) is 1. The molecule has 1 unspecified atom stereocenters. The molecule has 0 aromatic heterocycles. The van der Waals surface area contributed by atoms with Gasteiger partial charge in [0.25, 0.3) is 5.91 Å². The van der Waals surface area contributed by atoms with Crippen LogP contribution in [0.1, 0.15) is 12.5 Å². The summed E-state index contributed by atoms with van der Waals surface area (Å²) in [6.45, 7) is 1.61. The molecule has 4 N–H and O–H groups in total. The van der Waals surface area contributed by atoms with Gasteiger partial charge in [0.05, 0.1) is 10.7 Å². The fourth-order valence-electron chi connectivity index (χ4n) is 1.18. The predicted molar refractivity (Wildman–Crippen MR) is 69.1 cm³/mol. The Balaban J connectivity index is 2.98. The molecule has 1 aromatic carbocycles. The van der Waals surface area contributed by atoms with E-state index in [0.29, 0.717) is 16.3 Å². The van der Waals surface area contributed by atoms with Crippen LogP contribution in [-0.4, -0.2) is 30.2 Å². The van der Waals surface area contributed by atoms with Crippen LogP contribution in [0.2, 0.25) is 5.02 Å². The van der Waals surface area contributed by atoms with E-state index in [9.17, 15) is 4.79 Å². The van der Waals surface area contributed by atoms with Crippen molar-refractivity contribution in [2.75, 3.05) is 12.4 Å². The van der Waals surface area contributed by atoms with E-state index in [2.05, 4.69) is 10.5 Å². The highest BCUT2D eigenvalue weighted by atomic mass is 35.5. The zero-order valence-corrected chi connectivity index (χ0v) is 10.7. The number of carbonyl (C=O) groups excluding carboxylic acids is 1. The van der Waals surface area contributed by atoms with Gasteiger partial charge in [0.2, 0.25) is 0 Å². The third kappa shape index (κ3) is 3.35. The highest BCUT2D eigenvalue weighted by Gasteiger charge is 2.14. The Hall–Kier alpha value is -1.79. The van der Waals surface area contributed by atoms with Gasteiger partial charge in [-0.05, 0) is 25.1 Å². The molecule has 0 fully saturated rings. The number of anilines is 1. The highest BCUT2D eigenvalue weighted by molar-refractivity contribution is 6.34. The van der Waals surface area contributed by atoms with Crippen molar-refractivity contribution in [1.29, 1.82) is 0 Å². The Kier molecular flexibility index (Phi) is 4.94. The monoisotopic (exact) mass is 271 g/mol. The van der Waals surface area contributed by atoms with Gasteiger partial charge in [-0.2, -0.15) is 0 Å². The number of halogens is 1. The quantitative estimate of drug-likeness (QED) is 0.334. The normalized spacial score (nSPS) is 13.2. The molecule has 0 spiro atoms. The summed E-state index contributed by atoms with van der Waals surface area (Å²) in [4.78, 5) is 11.6. The molecule has 18 heavy (non-hydrogen) atoms. The number of nitrogens with two attached hydrogens (primary N) is 1. The number of amidine groups is 1. The van der Waals surface area contributed by atoms with Crippen molar-refractivity contribution in [3.63, 3.8) is 0 Å². The lowest BCUT2D eigenvalue weighted by Crippen LogP contribution is -2.26. The molecule has 1 amide bonds. The van der Waals surface area contributed by atoms with Gasteiger partial charge < -0.3 is 21.0 Å². The maximum atomic E-state index is 11.6. The Bertz CT molecular complexity index is 477. The first-order valence-corrected chi connectivity index (χ1v) is 5.48. The number of rotatable bonds is 4. The summed E-state index contributed by atoms with van der Waals surface area (Å²) in [6.07, 6.45) is -0.603. The molecule has 0 aliphatic heterocycles. The van der Waals surface area contributed by atoms with E-state index in [-0.39, 0.29) is 11.7 Å². The molecular weight excluding hydrogens is 258 g/mol. The summed E-state index contributed by atoms with van der Waals surface area (Å²) >= 11 is 5.94. The standard InChI is InChI=1S/C11H14ClN3O3/c1-6(18-2)11(16)14-9-5-7(10(13)15-17)3-4-8(9)12/h3-6,17H,1-2H3,(H2,13,15)(H,14,16). The average Bonchev–Trinajstić information content (AvgIpc) is 2.39. The summed E-state index contributed by atoms with van der Waals surface area (Å²) < 4.78 is 4.88. The first-order chi connectivity index (χ1) is 8.49. The molecule has 0 aliphatic carbocycles. The minimum Gasteiger partial charge on any atom is -0.409 e. The van der Waals surface area contributed by atoms with E-state index in [1.165, 1.54) is 13.2 Å². The fraction of sp³-hybridized carbons (Fsp3) is 0.273. The first-order valence-electron chi connectivity index (χ1n) is 5.10. The summed E-state index contributed by atoms with van der Waals surface area (Å²) in [5.41, 5.74) is 6.27. The Morgan fingerprint density at radius 1 is 1.61 bits per heavy atom. The van der Waals surface area contributed by atoms with E-state index >= 15 is 0 Å². The van der Waals surface area contributed by atoms with Crippen molar-refractivity contribution in [3.8, 4) is 0 Å². The number of hydrogen-bond acceptors (Lipinski definition) is 4. The lowest BCUT2D eigenvalue weighted by molar-refractivity contribution is -0.124. The molecule has 98 valence electrons. The number of ether oxygens (including phenoxy) is 1. The minimum absolute atomic E-state index is 0.0676. The first kappa shape index (κ1) is 14.3. The van der Waals surface area contributed by atoms with Gasteiger partial charge in [-0.1, -0.05) is 16.8 Å². The molecule has 0 heterocycles. The van der Waals surface area contributed by atoms with Crippen LogP contribution in [0.3, 0.4) is 0 Å². The maximum Gasteiger partial charge on any atom is 0.253 e. The Morgan fingerprint density at radius 3 is 2.83 bits per heavy atom. The molecule has 0 aliphatic rings. The Labute approximate surface area is 109 Å². The zero-order valence-electron chi connectivity index (χ0n) is 9.98. The van der Waals surface area contributed by atoms with Gasteiger partial charge in [-0.3, -0.25) is 4.79 Å². The van der Waals surface area contributed by atoms with Crippen LogP contribution in [0.15, 0.2) is 23.4 Å². The van der Waals surface area contributed by atoms with Crippen molar-refractivity contribution in [2.24, 2.45) is 10.9 Å². The lowest BCUT2D eigenvalue weighted by atomic mass is 10.2. The van der Waals surface area contributed by atoms with Crippen LogP contribution in [-0.2, 0) is 9.53 Å². The number of carbonyl (C=O) groups is 1. The molecule has 0 saturated carbocycles. The summed E-state index contributed by atoms with van der Waals surface area (Å²) in [7, 11) is 1.43. The Morgan fingerprint density at radius 2 is 2.28 bits per heavy atom. The van der Waals surface area contributed by atoms with Gasteiger partial charge >= 0.3 is 0 Å². The molecule has 1 aromatic rings. The number of amides is 1. The third-order valence-corrected chi connectivity index (χ3v) is 2.68. The van der Waals surface area contributed by atoms with Crippen LogP contribution in [0.4, 0.5) is 5.69 Å². The second kappa shape index (κ2) is 6.23. The van der Waals surface area contributed by atoms with Crippen molar-refractivity contribution >= 4 is 29.0 Å². The summed E-state index contributed by atoms with van der Waals surface area (Å²) in [5.74, 6) is -0.405. The van der Waals surface area contributed by atoms with Crippen LogP contribution in [0, 0.1) is 0 Å². The van der Waals surface area contributed by atoms with Crippen LogP contribution >= 0.6 is 11.6 Å². The van der Waals surface area contributed by atoms with Crippen molar-refractivity contribution in [2.45, 2.75) is 13.0 Å². The topological polar surface area (TPSA) is 96.9 Å². The SMILES string of the molecule is COC(C)C(=O)Nc1cc(/C(N)=N/O)ccc1Cl. The van der Waals surface area contributed by atoms with Gasteiger partial charge in [0.15, 0.2) is 5.84 Å². The molecule has 0 radical (unpaired) electrons. The summed E-state index contributed by atoms with van der Waals surface area (Å²) in [6, 6.07) is 4.63. The highest BCUT2D eigenvalue weighted by Crippen LogP contribution is 2.23. The molecule has 0 bridgehead atoms. The predicted octanol–water partition coefficient (Wildman–Crippen LogP) is 1.41. The van der Waals surface area contributed by atoms with Gasteiger partial charge in [-0.25, -0.2) is 0 Å². The van der Waals surface area contributed by atoms with Crippen molar-refractivity contribution in [3.05, 3.63) is 28.8 Å². The van der Waals surface area contributed by atoms with Gasteiger partial charge in [-0.15, -0.1) is 0 Å². The molecule has 6 nitrogen and oxygen atoms in total. The van der Waals surface area contributed by atoms with Crippen LogP contribution < -0.4 is 11.1 Å². The van der Waals surface area contributed by atoms with Crippen LogP contribution in [0.25, 0.3) is 0 Å². The number of nitrogens with one attached hydrogen (secondary N) is 1. The van der Waals surface area contributed by atoms with Gasteiger partial charge in [0.1, 0.15) is 6.10 Å². The number of oxime groups is 1. The average molecular weight is 272 g/mol. The molecular formula is C11H14ClN3O3. The van der Waals surface area contributed by atoms with Gasteiger partial charge in [0, 0.05) is 12.7 Å². The molecule has 1 rings (SSSR count). The van der Waals surface area contributed by atoms with E-state index in [1.807, 2.05) is 0 Å². The zero-order chi connectivity index (χ0) is 13.7. The number of benzene rings is 1. The maximum absolute atomic E-state index is 11.6. The fourth-order valence-corrected chi connectivity index (χ4v) is 1.34.